The SMILES string of the molecule is CC(CC(N)=O)=NNC(=O)c1ccc(NC(=O)c2cccc(C)c2)cc1. The van der Waals surface area contributed by atoms with Crippen LogP contribution in [0.1, 0.15) is 39.6 Å². The van der Waals surface area contributed by atoms with Gasteiger partial charge in [0.15, 0.2) is 0 Å². The number of benzene rings is 2. The van der Waals surface area contributed by atoms with E-state index in [1.807, 2.05) is 19.1 Å². The summed E-state index contributed by atoms with van der Waals surface area (Å²) in [6, 6.07) is 13.7. The molecule has 0 atom stereocenters. The van der Waals surface area contributed by atoms with Gasteiger partial charge in [-0.05, 0) is 50.2 Å². The molecule has 0 spiro atoms. The highest BCUT2D eigenvalue weighted by atomic mass is 16.2. The molecule has 0 unspecified atom stereocenters. The number of anilines is 1. The lowest BCUT2D eigenvalue weighted by atomic mass is 10.1. The molecule has 2 rings (SSSR count). The first-order valence-electron chi connectivity index (χ1n) is 7.95. The second-order valence-corrected chi connectivity index (χ2v) is 5.83. The zero-order valence-corrected chi connectivity index (χ0v) is 14.6. The molecule has 0 radical (unpaired) electrons. The summed E-state index contributed by atoms with van der Waals surface area (Å²) in [4.78, 5) is 35.0. The number of hydrogen-bond donors (Lipinski definition) is 3. The molecule has 0 bridgehead atoms. The number of primary amides is 1. The lowest BCUT2D eigenvalue weighted by molar-refractivity contribution is -0.116. The van der Waals surface area contributed by atoms with Gasteiger partial charge in [0.25, 0.3) is 11.8 Å². The van der Waals surface area contributed by atoms with Crippen LogP contribution in [0.3, 0.4) is 0 Å². The molecule has 3 amide bonds. The summed E-state index contributed by atoms with van der Waals surface area (Å²) < 4.78 is 0. The maximum absolute atomic E-state index is 12.2. The Balaban J connectivity index is 1.98. The summed E-state index contributed by atoms with van der Waals surface area (Å²) in [6.07, 6.45) is -0.0236. The first-order valence-corrected chi connectivity index (χ1v) is 7.95. The summed E-state index contributed by atoms with van der Waals surface area (Å²) in [7, 11) is 0. The average Bonchev–Trinajstić information content (AvgIpc) is 2.59. The number of nitrogens with zero attached hydrogens (tertiary/aromatic N) is 1. The number of rotatable bonds is 6. The number of nitrogens with two attached hydrogens (primary N) is 1. The maximum Gasteiger partial charge on any atom is 0.271 e. The molecular formula is C19H20N4O3. The predicted octanol–water partition coefficient (Wildman–Crippen LogP) is 2.23. The highest BCUT2D eigenvalue weighted by Gasteiger charge is 2.08. The van der Waals surface area contributed by atoms with Crippen molar-refractivity contribution in [1.82, 2.24) is 5.43 Å². The lowest BCUT2D eigenvalue weighted by Crippen LogP contribution is -2.21. The Morgan fingerprint density at radius 1 is 1.00 bits per heavy atom. The first kappa shape index (κ1) is 18.9. The van der Waals surface area contributed by atoms with Gasteiger partial charge in [0, 0.05) is 22.5 Å². The smallest absolute Gasteiger partial charge is 0.271 e. The molecule has 0 aromatic heterocycles. The number of hydrazone groups is 1. The van der Waals surface area contributed by atoms with Gasteiger partial charge in [-0.2, -0.15) is 5.10 Å². The van der Waals surface area contributed by atoms with Gasteiger partial charge in [-0.15, -0.1) is 0 Å². The van der Waals surface area contributed by atoms with Crippen molar-refractivity contribution in [3.05, 3.63) is 65.2 Å². The number of amides is 3. The van der Waals surface area contributed by atoms with Gasteiger partial charge in [0.1, 0.15) is 0 Å². The fourth-order valence-corrected chi connectivity index (χ4v) is 2.20. The van der Waals surface area contributed by atoms with Crippen molar-refractivity contribution in [2.75, 3.05) is 5.32 Å². The Morgan fingerprint density at radius 3 is 2.31 bits per heavy atom. The van der Waals surface area contributed by atoms with E-state index in [0.717, 1.165) is 5.56 Å². The molecule has 7 nitrogen and oxygen atoms in total. The van der Waals surface area contributed by atoms with Crippen LogP contribution in [0, 0.1) is 6.92 Å². The van der Waals surface area contributed by atoms with Crippen molar-refractivity contribution in [2.24, 2.45) is 10.8 Å². The summed E-state index contributed by atoms with van der Waals surface area (Å²) >= 11 is 0. The van der Waals surface area contributed by atoms with Crippen LogP contribution in [-0.4, -0.2) is 23.4 Å². The molecule has 0 aliphatic rings. The third-order valence-corrected chi connectivity index (χ3v) is 3.46. The summed E-state index contributed by atoms with van der Waals surface area (Å²) in [5.74, 6) is -1.17. The van der Waals surface area contributed by atoms with Crippen LogP contribution in [-0.2, 0) is 4.79 Å². The quantitative estimate of drug-likeness (QED) is 0.547. The van der Waals surface area contributed by atoms with Gasteiger partial charge in [-0.3, -0.25) is 14.4 Å². The third-order valence-electron chi connectivity index (χ3n) is 3.46. The standard InChI is InChI=1S/C19H20N4O3/c1-12-4-3-5-15(10-12)18(25)21-16-8-6-14(7-9-16)19(26)23-22-13(2)11-17(20)24/h3-10H,11H2,1-2H3,(H2,20,24)(H,21,25)(H,23,26). The van der Waals surface area contributed by atoms with E-state index < -0.39 is 11.8 Å². The monoisotopic (exact) mass is 352 g/mol. The van der Waals surface area contributed by atoms with E-state index in [-0.39, 0.29) is 12.3 Å². The second-order valence-electron chi connectivity index (χ2n) is 5.83. The molecule has 0 heterocycles. The topological polar surface area (TPSA) is 114 Å². The van der Waals surface area contributed by atoms with E-state index in [1.54, 1.807) is 43.3 Å². The zero-order chi connectivity index (χ0) is 19.1. The molecule has 0 aliphatic heterocycles. The van der Waals surface area contributed by atoms with Crippen LogP contribution >= 0.6 is 0 Å². The van der Waals surface area contributed by atoms with E-state index in [9.17, 15) is 14.4 Å². The van der Waals surface area contributed by atoms with E-state index in [4.69, 9.17) is 5.73 Å². The molecular weight excluding hydrogens is 332 g/mol. The number of aryl methyl sites for hydroxylation is 1. The van der Waals surface area contributed by atoms with Crippen molar-refractivity contribution >= 4 is 29.1 Å². The fourth-order valence-electron chi connectivity index (χ4n) is 2.20. The van der Waals surface area contributed by atoms with Gasteiger partial charge in [-0.1, -0.05) is 17.7 Å². The van der Waals surface area contributed by atoms with Gasteiger partial charge in [0.2, 0.25) is 5.91 Å². The molecule has 0 fully saturated rings. The van der Waals surface area contributed by atoms with Gasteiger partial charge < -0.3 is 11.1 Å². The molecule has 4 N–H and O–H groups in total. The fraction of sp³-hybridized carbons (Fsp3) is 0.158. The minimum Gasteiger partial charge on any atom is -0.369 e. The minimum absolute atomic E-state index is 0.0236. The van der Waals surface area contributed by atoms with E-state index in [2.05, 4.69) is 15.8 Å². The number of hydrogen-bond acceptors (Lipinski definition) is 4. The van der Waals surface area contributed by atoms with Crippen LogP contribution in [0.4, 0.5) is 5.69 Å². The van der Waals surface area contributed by atoms with Crippen LogP contribution in [0.2, 0.25) is 0 Å². The zero-order valence-electron chi connectivity index (χ0n) is 14.6. The summed E-state index contributed by atoms with van der Waals surface area (Å²) in [5, 5.41) is 6.58. The van der Waals surface area contributed by atoms with E-state index in [1.165, 1.54) is 0 Å². The van der Waals surface area contributed by atoms with E-state index in [0.29, 0.717) is 22.5 Å². The minimum atomic E-state index is -0.519. The van der Waals surface area contributed by atoms with Crippen molar-refractivity contribution in [3.8, 4) is 0 Å². The Morgan fingerprint density at radius 2 is 1.69 bits per heavy atom. The Kier molecular flexibility index (Phi) is 6.21. The molecule has 2 aromatic rings. The highest BCUT2D eigenvalue weighted by Crippen LogP contribution is 2.12. The van der Waals surface area contributed by atoms with Crippen LogP contribution < -0.4 is 16.5 Å². The van der Waals surface area contributed by atoms with Crippen molar-refractivity contribution < 1.29 is 14.4 Å². The number of carbonyl (C=O) groups is 3. The largest absolute Gasteiger partial charge is 0.369 e. The molecule has 2 aromatic carbocycles. The summed E-state index contributed by atoms with van der Waals surface area (Å²) in [6.45, 7) is 3.51. The van der Waals surface area contributed by atoms with Crippen LogP contribution in [0.25, 0.3) is 0 Å². The predicted molar refractivity (Wildman–Crippen MR) is 100.0 cm³/mol. The molecule has 26 heavy (non-hydrogen) atoms. The molecule has 0 aliphatic carbocycles. The van der Waals surface area contributed by atoms with Crippen molar-refractivity contribution in [3.63, 3.8) is 0 Å². The average molecular weight is 352 g/mol. The van der Waals surface area contributed by atoms with Gasteiger partial charge in [-0.25, -0.2) is 5.43 Å². The molecule has 0 saturated heterocycles. The van der Waals surface area contributed by atoms with E-state index >= 15 is 0 Å². The van der Waals surface area contributed by atoms with Gasteiger partial charge in [0.05, 0.1) is 6.42 Å². The Labute approximate surface area is 151 Å². The molecule has 134 valence electrons. The second kappa shape index (κ2) is 8.57. The van der Waals surface area contributed by atoms with Crippen LogP contribution in [0.5, 0.6) is 0 Å². The highest BCUT2D eigenvalue weighted by molar-refractivity contribution is 6.05. The third kappa shape index (κ3) is 5.55. The van der Waals surface area contributed by atoms with Crippen molar-refractivity contribution in [2.45, 2.75) is 20.3 Å². The number of nitrogens with one attached hydrogen (secondary N) is 2. The number of carbonyl (C=O) groups excluding carboxylic acids is 3. The first-order chi connectivity index (χ1) is 12.3. The molecule has 0 saturated carbocycles. The Bertz CT molecular complexity index is 857. The normalized spacial score (nSPS) is 10.9. The maximum atomic E-state index is 12.2. The molecule has 7 heteroatoms. The van der Waals surface area contributed by atoms with Crippen LogP contribution in [0.15, 0.2) is 53.6 Å². The Hall–Kier alpha value is -3.48. The van der Waals surface area contributed by atoms with Crippen molar-refractivity contribution in [1.29, 1.82) is 0 Å². The lowest BCUT2D eigenvalue weighted by Gasteiger charge is -2.07. The summed E-state index contributed by atoms with van der Waals surface area (Å²) in [5.41, 5.74) is 10.3. The van der Waals surface area contributed by atoms with Gasteiger partial charge >= 0.3 is 0 Å².